The van der Waals surface area contributed by atoms with E-state index in [0.29, 0.717) is 11.5 Å². The lowest BCUT2D eigenvalue weighted by Gasteiger charge is -2.12. The van der Waals surface area contributed by atoms with Crippen LogP contribution in [-0.2, 0) is 14.3 Å². The number of methoxy groups -OCH3 is 1. The first-order valence-electron chi connectivity index (χ1n) is 6.78. The van der Waals surface area contributed by atoms with Crippen molar-refractivity contribution in [2.24, 2.45) is 0 Å². The van der Waals surface area contributed by atoms with E-state index in [1.807, 2.05) is 47.5 Å². The van der Waals surface area contributed by atoms with Gasteiger partial charge in [-0.15, -0.1) is 11.3 Å². The van der Waals surface area contributed by atoms with Crippen molar-refractivity contribution in [2.75, 3.05) is 20.3 Å². The number of hydrogen-bond acceptors (Lipinski definition) is 5. The summed E-state index contributed by atoms with van der Waals surface area (Å²) in [5.41, 5.74) is 0.744. The van der Waals surface area contributed by atoms with E-state index in [9.17, 15) is 9.59 Å². The maximum atomic E-state index is 12.1. The van der Waals surface area contributed by atoms with Crippen molar-refractivity contribution in [3.05, 3.63) is 40.8 Å². The SMILES string of the molecule is COCC(C)NC(=O)COC(=O)c1sccc1-n1cccc1. The van der Waals surface area contributed by atoms with E-state index < -0.39 is 5.97 Å². The fraction of sp³-hybridized carbons (Fsp3) is 0.333. The number of amides is 1. The van der Waals surface area contributed by atoms with Crippen molar-refractivity contribution < 1.29 is 19.1 Å². The van der Waals surface area contributed by atoms with Crippen molar-refractivity contribution >= 4 is 23.2 Å². The Bertz CT molecular complexity index is 621. The molecule has 0 aliphatic carbocycles. The van der Waals surface area contributed by atoms with Crippen LogP contribution in [0.15, 0.2) is 36.0 Å². The van der Waals surface area contributed by atoms with Crippen molar-refractivity contribution in [3.63, 3.8) is 0 Å². The second-order valence-electron chi connectivity index (χ2n) is 4.73. The van der Waals surface area contributed by atoms with Crippen LogP contribution in [0.2, 0.25) is 0 Å². The highest BCUT2D eigenvalue weighted by molar-refractivity contribution is 7.12. The van der Waals surface area contributed by atoms with Crippen LogP contribution in [0.25, 0.3) is 5.69 Å². The number of nitrogens with one attached hydrogen (secondary N) is 1. The molecule has 2 rings (SSSR count). The molecule has 1 unspecified atom stereocenters. The van der Waals surface area contributed by atoms with Crippen LogP contribution in [0.5, 0.6) is 0 Å². The van der Waals surface area contributed by atoms with E-state index in [0.717, 1.165) is 5.69 Å². The van der Waals surface area contributed by atoms with E-state index >= 15 is 0 Å². The molecule has 0 spiro atoms. The molecule has 0 aliphatic heterocycles. The van der Waals surface area contributed by atoms with E-state index in [2.05, 4.69) is 5.32 Å². The second-order valence-corrected chi connectivity index (χ2v) is 5.64. The minimum Gasteiger partial charge on any atom is -0.451 e. The Balaban J connectivity index is 1.91. The third kappa shape index (κ3) is 4.19. The Kier molecular flexibility index (Phi) is 5.74. The van der Waals surface area contributed by atoms with Crippen LogP contribution < -0.4 is 5.32 Å². The number of rotatable bonds is 7. The maximum absolute atomic E-state index is 12.1. The summed E-state index contributed by atoms with van der Waals surface area (Å²) in [5.74, 6) is -0.856. The van der Waals surface area contributed by atoms with Crippen molar-refractivity contribution in [3.8, 4) is 5.69 Å². The summed E-state index contributed by atoms with van der Waals surface area (Å²) < 4.78 is 11.8. The van der Waals surface area contributed by atoms with Gasteiger partial charge in [0.15, 0.2) is 6.61 Å². The molecule has 0 bridgehead atoms. The lowest BCUT2D eigenvalue weighted by molar-refractivity contribution is -0.125. The summed E-state index contributed by atoms with van der Waals surface area (Å²) in [4.78, 5) is 24.2. The van der Waals surface area contributed by atoms with Crippen LogP contribution in [0.3, 0.4) is 0 Å². The maximum Gasteiger partial charge on any atom is 0.350 e. The van der Waals surface area contributed by atoms with Crippen LogP contribution in [0.1, 0.15) is 16.6 Å². The summed E-state index contributed by atoms with van der Waals surface area (Å²) in [6.45, 7) is 1.91. The van der Waals surface area contributed by atoms with Crippen molar-refractivity contribution in [1.82, 2.24) is 9.88 Å². The van der Waals surface area contributed by atoms with E-state index in [4.69, 9.17) is 9.47 Å². The third-order valence-electron chi connectivity index (χ3n) is 2.87. The number of hydrogen-bond donors (Lipinski definition) is 1. The zero-order chi connectivity index (χ0) is 15.9. The fourth-order valence-corrected chi connectivity index (χ4v) is 2.74. The second kappa shape index (κ2) is 7.77. The first-order chi connectivity index (χ1) is 10.6. The minimum absolute atomic E-state index is 0.131. The van der Waals surface area contributed by atoms with Crippen LogP contribution >= 0.6 is 11.3 Å². The fourth-order valence-electron chi connectivity index (χ4n) is 1.96. The smallest absolute Gasteiger partial charge is 0.350 e. The van der Waals surface area contributed by atoms with Gasteiger partial charge in [0.05, 0.1) is 12.3 Å². The summed E-state index contributed by atoms with van der Waals surface area (Å²) in [6, 6.07) is 5.45. The summed E-state index contributed by atoms with van der Waals surface area (Å²) >= 11 is 1.28. The first kappa shape index (κ1) is 16.3. The van der Waals surface area contributed by atoms with E-state index in [-0.39, 0.29) is 18.6 Å². The molecule has 0 radical (unpaired) electrons. The average Bonchev–Trinajstić information content (AvgIpc) is 3.14. The van der Waals surface area contributed by atoms with Gasteiger partial charge in [-0.1, -0.05) is 0 Å². The molecular formula is C15H18N2O4S. The molecule has 0 aromatic carbocycles. The van der Waals surface area contributed by atoms with E-state index in [1.54, 1.807) is 7.11 Å². The molecule has 6 nitrogen and oxygen atoms in total. The van der Waals surface area contributed by atoms with Crippen LogP contribution in [-0.4, -0.2) is 42.8 Å². The normalized spacial score (nSPS) is 11.9. The largest absolute Gasteiger partial charge is 0.451 e. The monoisotopic (exact) mass is 322 g/mol. The van der Waals surface area contributed by atoms with Gasteiger partial charge in [0, 0.05) is 25.5 Å². The quantitative estimate of drug-likeness (QED) is 0.790. The molecule has 2 heterocycles. The lowest BCUT2D eigenvalue weighted by atomic mass is 10.3. The Hall–Kier alpha value is -2.12. The molecule has 2 aromatic rings. The number of aromatic nitrogens is 1. The number of esters is 1. The van der Waals surface area contributed by atoms with Gasteiger partial charge in [0.1, 0.15) is 4.88 Å². The third-order valence-corrected chi connectivity index (χ3v) is 3.75. The average molecular weight is 322 g/mol. The molecule has 0 aliphatic rings. The Morgan fingerprint density at radius 2 is 2.09 bits per heavy atom. The Labute approximate surface area is 132 Å². The molecule has 0 saturated heterocycles. The zero-order valence-electron chi connectivity index (χ0n) is 12.4. The lowest BCUT2D eigenvalue weighted by Crippen LogP contribution is -2.38. The van der Waals surface area contributed by atoms with Gasteiger partial charge in [-0.25, -0.2) is 4.79 Å². The summed E-state index contributed by atoms with van der Waals surface area (Å²) in [5, 5.41) is 4.49. The number of thiophene rings is 1. The van der Waals surface area contributed by atoms with Gasteiger partial charge in [-0.2, -0.15) is 0 Å². The molecule has 0 saturated carbocycles. The molecule has 1 atom stereocenters. The highest BCUT2D eigenvalue weighted by Gasteiger charge is 2.17. The molecular weight excluding hydrogens is 304 g/mol. The molecule has 1 N–H and O–H groups in total. The number of carbonyl (C=O) groups is 2. The van der Waals surface area contributed by atoms with Gasteiger partial charge in [-0.3, -0.25) is 4.79 Å². The zero-order valence-corrected chi connectivity index (χ0v) is 13.3. The van der Waals surface area contributed by atoms with Crippen molar-refractivity contribution in [1.29, 1.82) is 0 Å². The highest BCUT2D eigenvalue weighted by Crippen LogP contribution is 2.22. The summed E-state index contributed by atoms with van der Waals surface area (Å²) in [6.07, 6.45) is 3.69. The summed E-state index contributed by atoms with van der Waals surface area (Å²) in [7, 11) is 1.56. The van der Waals surface area contributed by atoms with Gasteiger partial charge < -0.3 is 19.4 Å². The molecule has 118 valence electrons. The topological polar surface area (TPSA) is 69.6 Å². The standard InChI is InChI=1S/C15H18N2O4S/c1-11(9-20-2)16-13(18)10-21-15(19)14-12(5-8-22-14)17-6-3-4-7-17/h3-8,11H,9-10H2,1-2H3,(H,16,18). The molecule has 22 heavy (non-hydrogen) atoms. The van der Waals surface area contributed by atoms with Crippen molar-refractivity contribution in [2.45, 2.75) is 13.0 Å². The molecule has 1 amide bonds. The van der Waals surface area contributed by atoms with Gasteiger partial charge in [-0.05, 0) is 30.5 Å². The Morgan fingerprint density at radius 1 is 1.36 bits per heavy atom. The predicted molar refractivity (Wildman–Crippen MR) is 83.4 cm³/mol. The minimum atomic E-state index is -0.506. The first-order valence-corrected chi connectivity index (χ1v) is 7.66. The number of carbonyl (C=O) groups excluding carboxylic acids is 2. The van der Waals surface area contributed by atoms with Gasteiger partial charge in [0.2, 0.25) is 0 Å². The van der Waals surface area contributed by atoms with Gasteiger partial charge >= 0.3 is 5.97 Å². The van der Waals surface area contributed by atoms with Crippen LogP contribution in [0, 0.1) is 0 Å². The predicted octanol–water partition coefficient (Wildman–Crippen LogP) is 1.85. The highest BCUT2D eigenvalue weighted by atomic mass is 32.1. The van der Waals surface area contributed by atoms with Gasteiger partial charge in [0.25, 0.3) is 5.91 Å². The number of nitrogens with zero attached hydrogens (tertiary/aromatic N) is 1. The molecule has 2 aromatic heterocycles. The number of ether oxygens (including phenoxy) is 2. The Morgan fingerprint density at radius 3 is 2.77 bits per heavy atom. The molecule has 0 fully saturated rings. The van der Waals surface area contributed by atoms with Crippen LogP contribution in [0.4, 0.5) is 0 Å². The molecule has 7 heteroatoms. The van der Waals surface area contributed by atoms with E-state index in [1.165, 1.54) is 11.3 Å².